The summed E-state index contributed by atoms with van der Waals surface area (Å²) < 4.78 is 0. The van der Waals surface area contributed by atoms with Crippen molar-refractivity contribution in [1.29, 1.82) is 0 Å². The summed E-state index contributed by atoms with van der Waals surface area (Å²) in [6.45, 7) is 0. The summed E-state index contributed by atoms with van der Waals surface area (Å²) in [5.74, 6) is -1.55. The highest BCUT2D eigenvalue weighted by atomic mass is 16.4. The zero-order valence-electron chi connectivity index (χ0n) is 7.40. The minimum Gasteiger partial charge on any atom is -0.481 e. The van der Waals surface area contributed by atoms with Crippen molar-refractivity contribution in [3.63, 3.8) is 0 Å². The number of rotatable bonds is 7. The predicted molar refractivity (Wildman–Crippen MR) is 45.9 cm³/mol. The molecule has 0 aromatic carbocycles. The number of carboxylic acids is 1. The number of nitrogens with two attached hydrogens (primary N) is 1. The molecule has 5 nitrogen and oxygen atoms in total. The molecule has 0 radical (unpaired) electrons. The second-order valence-corrected chi connectivity index (χ2v) is 2.91. The lowest BCUT2D eigenvalue weighted by Gasteiger charge is -2.04. The van der Waals surface area contributed by atoms with Gasteiger partial charge in [0, 0.05) is 6.42 Å². The number of aliphatic carboxylic acids is 1. The summed E-state index contributed by atoms with van der Waals surface area (Å²) in [6, 6.07) is 0. The second kappa shape index (κ2) is 6.42. The minimum atomic E-state index is -1.09. The zero-order valence-corrected chi connectivity index (χ0v) is 7.40. The normalized spacial score (nSPS) is 12.4. The molecule has 0 saturated heterocycles. The first-order valence-electron chi connectivity index (χ1n) is 4.23. The zero-order chi connectivity index (χ0) is 10.3. The Morgan fingerprint density at radius 2 is 1.85 bits per heavy atom. The van der Waals surface area contributed by atoms with Crippen LogP contribution in [0.2, 0.25) is 0 Å². The molecule has 76 valence electrons. The number of carbonyl (C=O) groups excluding carboxylic acids is 1. The van der Waals surface area contributed by atoms with Crippen LogP contribution in [0.5, 0.6) is 0 Å². The van der Waals surface area contributed by atoms with Gasteiger partial charge in [0.2, 0.25) is 5.91 Å². The first-order chi connectivity index (χ1) is 6.04. The molecule has 0 heterocycles. The second-order valence-electron chi connectivity index (χ2n) is 2.91. The molecule has 5 heteroatoms. The van der Waals surface area contributed by atoms with E-state index >= 15 is 0 Å². The van der Waals surface area contributed by atoms with Gasteiger partial charge in [0.25, 0.3) is 0 Å². The molecule has 0 aliphatic rings. The Hall–Kier alpha value is -1.10. The Bertz CT molecular complexity index is 181. The van der Waals surface area contributed by atoms with Crippen molar-refractivity contribution in [3.05, 3.63) is 0 Å². The first kappa shape index (κ1) is 11.9. The van der Waals surface area contributed by atoms with Gasteiger partial charge in [-0.3, -0.25) is 9.59 Å². The fourth-order valence-corrected chi connectivity index (χ4v) is 0.933. The van der Waals surface area contributed by atoms with Crippen LogP contribution in [0.15, 0.2) is 0 Å². The van der Waals surface area contributed by atoms with Gasteiger partial charge in [-0.15, -0.1) is 0 Å². The lowest BCUT2D eigenvalue weighted by atomic mass is 10.1. The van der Waals surface area contributed by atoms with E-state index in [0.717, 1.165) is 0 Å². The number of unbranched alkanes of at least 4 members (excludes halogenated alkanes) is 2. The van der Waals surface area contributed by atoms with Crippen LogP contribution in [0.4, 0.5) is 0 Å². The number of hydrogen-bond donors (Lipinski definition) is 3. The molecular weight excluding hydrogens is 174 g/mol. The van der Waals surface area contributed by atoms with Gasteiger partial charge < -0.3 is 15.9 Å². The van der Waals surface area contributed by atoms with Crippen molar-refractivity contribution in [3.8, 4) is 0 Å². The van der Waals surface area contributed by atoms with E-state index in [4.69, 9.17) is 15.9 Å². The summed E-state index contributed by atoms with van der Waals surface area (Å²) in [6.07, 6.45) is 1.24. The van der Waals surface area contributed by atoms with E-state index in [-0.39, 0.29) is 6.42 Å². The van der Waals surface area contributed by atoms with E-state index in [1.54, 1.807) is 0 Å². The molecule has 4 N–H and O–H groups in total. The smallest absolute Gasteiger partial charge is 0.303 e. The van der Waals surface area contributed by atoms with Crippen molar-refractivity contribution in [1.82, 2.24) is 0 Å². The number of carbonyl (C=O) groups is 2. The van der Waals surface area contributed by atoms with E-state index in [9.17, 15) is 9.59 Å². The molecule has 0 spiro atoms. The Morgan fingerprint density at radius 3 is 2.31 bits per heavy atom. The van der Waals surface area contributed by atoms with Gasteiger partial charge in [0.1, 0.15) is 6.10 Å². The molecule has 0 aromatic heterocycles. The van der Waals surface area contributed by atoms with Crippen LogP contribution in [-0.2, 0) is 9.59 Å². The van der Waals surface area contributed by atoms with E-state index in [2.05, 4.69) is 0 Å². The molecule has 0 rings (SSSR count). The number of hydrogen-bond acceptors (Lipinski definition) is 3. The average Bonchev–Trinajstić information content (AvgIpc) is 2.02. The number of amides is 1. The molecule has 1 atom stereocenters. The van der Waals surface area contributed by atoms with Crippen LogP contribution < -0.4 is 5.73 Å². The number of primary amides is 1. The number of aliphatic hydroxyl groups excluding tert-OH is 1. The maximum absolute atomic E-state index is 10.3. The molecule has 1 amide bonds. The highest BCUT2D eigenvalue weighted by Crippen LogP contribution is 2.05. The Balaban J connectivity index is 3.26. The molecule has 1 unspecified atom stereocenters. The van der Waals surface area contributed by atoms with E-state index in [0.29, 0.717) is 25.7 Å². The van der Waals surface area contributed by atoms with Gasteiger partial charge in [-0.2, -0.15) is 0 Å². The lowest BCUT2D eigenvalue weighted by molar-refractivity contribution is -0.137. The van der Waals surface area contributed by atoms with Crippen molar-refractivity contribution < 1.29 is 19.8 Å². The topological polar surface area (TPSA) is 101 Å². The van der Waals surface area contributed by atoms with Crippen molar-refractivity contribution in [2.75, 3.05) is 0 Å². The molecule has 0 fully saturated rings. The van der Waals surface area contributed by atoms with Gasteiger partial charge in [0.15, 0.2) is 0 Å². The fourth-order valence-electron chi connectivity index (χ4n) is 0.933. The van der Waals surface area contributed by atoms with Gasteiger partial charge in [-0.1, -0.05) is 12.8 Å². The molecule has 0 saturated carbocycles. The third-order valence-electron chi connectivity index (χ3n) is 1.70. The van der Waals surface area contributed by atoms with E-state index in [1.165, 1.54) is 0 Å². The largest absolute Gasteiger partial charge is 0.481 e. The van der Waals surface area contributed by atoms with Crippen LogP contribution in [-0.4, -0.2) is 28.2 Å². The van der Waals surface area contributed by atoms with Crippen LogP contribution in [0.3, 0.4) is 0 Å². The Kier molecular flexibility index (Phi) is 5.88. The molecule has 0 bridgehead atoms. The molecule has 0 aliphatic heterocycles. The van der Waals surface area contributed by atoms with Gasteiger partial charge in [-0.05, 0) is 12.8 Å². The molecule has 0 aliphatic carbocycles. The van der Waals surface area contributed by atoms with Crippen LogP contribution in [0.1, 0.15) is 32.1 Å². The number of aliphatic hydroxyl groups is 1. The highest BCUT2D eigenvalue weighted by Gasteiger charge is 2.09. The van der Waals surface area contributed by atoms with Crippen molar-refractivity contribution in [2.45, 2.75) is 38.2 Å². The Morgan fingerprint density at radius 1 is 1.23 bits per heavy atom. The monoisotopic (exact) mass is 189 g/mol. The van der Waals surface area contributed by atoms with Gasteiger partial charge in [0.05, 0.1) is 0 Å². The summed E-state index contributed by atoms with van der Waals surface area (Å²) in [7, 11) is 0. The predicted octanol–water partition coefficient (Wildman–Crippen LogP) is -0.132. The van der Waals surface area contributed by atoms with E-state index < -0.39 is 18.0 Å². The third-order valence-corrected chi connectivity index (χ3v) is 1.70. The van der Waals surface area contributed by atoms with Gasteiger partial charge in [-0.25, -0.2) is 0 Å². The SMILES string of the molecule is NC(=O)C(O)CCCCCC(=O)O. The van der Waals surface area contributed by atoms with E-state index in [1.807, 2.05) is 0 Å². The quantitative estimate of drug-likeness (QED) is 0.485. The molecule has 0 aromatic rings. The van der Waals surface area contributed by atoms with Crippen LogP contribution in [0.25, 0.3) is 0 Å². The Labute approximate surface area is 76.5 Å². The minimum absolute atomic E-state index is 0.132. The molecular formula is C8H15NO4. The third kappa shape index (κ3) is 7.27. The summed E-state index contributed by atoms with van der Waals surface area (Å²) in [5.41, 5.74) is 4.82. The summed E-state index contributed by atoms with van der Waals surface area (Å²) in [4.78, 5) is 20.4. The van der Waals surface area contributed by atoms with Gasteiger partial charge >= 0.3 is 5.97 Å². The summed E-state index contributed by atoms with van der Waals surface area (Å²) in [5, 5.41) is 17.2. The van der Waals surface area contributed by atoms with Crippen molar-refractivity contribution in [2.24, 2.45) is 5.73 Å². The average molecular weight is 189 g/mol. The lowest BCUT2D eigenvalue weighted by Crippen LogP contribution is -2.27. The number of carboxylic acid groups (broad SMARTS) is 1. The molecule has 13 heavy (non-hydrogen) atoms. The van der Waals surface area contributed by atoms with Crippen LogP contribution in [0, 0.1) is 0 Å². The van der Waals surface area contributed by atoms with Crippen LogP contribution >= 0.6 is 0 Å². The first-order valence-corrected chi connectivity index (χ1v) is 4.23. The maximum atomic E-state index is 10.3. The standard InChI is InChI=1S/C8H15NO4/c9-8(13)6(10)4-2-1-3-5-7(11)12/h6,10H,1-5H2,(H2,9,13)(H,11,12). The fraction of sp³-hybridized carbons (Fsp3) is 0.750. The van der Waals surface area contributed by atoms with Crippen molar-refractivity contribution >= 4 is 11.9 Å². The maximum Gasteiger partial charge on any atom is 0.303 e. The highest BCUT2D eigenvalue weighted by molar-refractivity contribution is 5.78. The summed E-state index contributed by atoms with van der Waals surface area (Å²) >= 11 is 0.